The number of aromatic nitrogens is 2. The van der Waals surface area contributed by atoms with Crippen LogP contribution in [0.2, 0.25) is 5.02 Å². The third-order valence-electron chi connectivity index (χ3n) is 6.14. The molecule has 2 heterocycles. The summed E-state index contributed by atoms with van der Waals surface area (Å²) < 4.78 is 13.8. The SMILES string of the molecule is CC(C)n1nccc1C1C2CCOCC2C1COc1ccc(Cl)c(O)c1C=O. The number of fused-ring (bicyclic) bond motifs is 1. The molecule has 6 nitrogen and oxygen atoms in total. The molecule has 2 fully saturated rings. The van der Waals surface area contributed by atoms with Gasteiger partial charge in [-0.25, -0.2) is 0 Å². The van der Waals surface area contributed by atoms with Crippen molar-refractivity contribution < 1.29 is 19.4 Å². The fourth-order valence-corrected chi connectivity index (χ4v) is 4.94. The Labute approximate surface area is 169 Å². The highest BCUT2D eigenvalue weighted by atomic mass is 35.5. The molecule has 0 bridgehead atoms. The smallest absolute Gasteiger partial charge is 0.157 e. The molecule has 7 heteroatoms. The van der Waals surface area contributed by atoms with Crippen LogP contribution in [0.15, 0.2) is 24.4 Å². The van der Waals surface area contributed by atoms with Crippen LogP contribution in [-0.2, 0) is 4.74 Å². The summed E-state index contributed by atoms with van der Waals surface area (Å²) >= 11 is 5.90. The third-order valence-corrected chi connectivity index (χ3v) is 6.44. The molecule has 4 rings (SSSR count). The van der Waals surface area contributed by atoms with Gasteiger partial charge in [-0.15, -0.1) is 0 Å². The van der Waals surface area contributed by atoms with Crippen LogP contribution in [0, 0.1) is 17.8 Å². The first kappa shape index (κ1) is 19.3. The molecule has 4 atom stereocenters. The fraction of sp³-hybridized carbons (Fsp3) is 0.524. The number of ether oxygens (including phenoxy) is 2. The van der Waals surface area contributed by atoms with E-state index >= 15 is 0 Å². The predicted molar refractivity (Wildman–Crippen MR) is 105 cm³/mol. The second-order valence-corrected chi connectivity index (χ2v) is 8.32. The Morgan fingerprint density at radius 1 is 1.39 bits per heavy atom. The van der Waals surface area contributed by atoms with Crippen LogP contribution < -0.4 is 4.74 Å². The highest BCUT2D eigenvalue weighted by molar-refractivity contribution is 6.32. The average molecular weight is 405 g/mol. The zero-order valence-electron chi connectivity index (χ0n) is 16.0. The minimum absolute atomic E-state index is 0.0899. The highest BCUT2D eigenvalue weighted by Gasteiger charge is 2.53. The second kappa shape index (κ2) is 7.76. The standard InChI is InChI=1S/C21H25ClN2O4/c1-12(2)24-18(5-7-23-24)20-13-6-8-27-10-15(13)16(20)11-28-19-4-3-17(22)21(26)14(19)9-25/h3-5,7,9,12-13,15-16,20,26H,6,8,10-11H2,1-2H3. The molecule has 1 aromatic carbocycles. The molecule has 2 aromatic rings. The Hall–Kier alpha value is -2.05. The number of phenols is 1. The lowest BCUT2D eigenvalue weighted by Crippen LogP contribution is -2.53. The molecule has 0 radical (unpaired) electrons. The van der Waals surface area contributed by atoms with E-state index in [1.54, 1.807) is 6.07 Å². The van der Waals surface area contributed by atoms with E-state index in [0.717, 1.165) is 19.6 Å². The number of aldehydes is 1. The van der Waals surface area contributed by atoms with Crippen LogP contribution in [0.5, 0.6) is 11.5 Å². The Morgan fingerprint density at radius 2 is 2.21 bits per heavy atom. The monoisotopic (exact) mass is 404 g/mol. The summed E-state index contributed by atoms with van der Waals surface area (Å²) in [5.74, 6) is 1.70. The van der Waals surface area contributed by atoms with Gasteiger partial charge >= 0.3 is 0 Å². The van der Waals surface area contributed by atoms with Crippen molar-refractivity contribution in [2.75, 3.05) is 19.8 Å². The van der Waals surface area contributed by atoms with Crippen molar-refractivity contribution in [2.24, 2.45) is 17.8 Å². The van der Waals surface area contributed by atoms with E-state index < -0.39 is 0 Å². The molecule has 2 aliphatic rings. The first-order valence-electron chi connectivity index (χ1n) is 9.73. The van der Waals surface area contributed by atoms with Crippen LogP contribution in [0.3, 0.4) is 0 Å². The zero-order valence-corrected chi connectivity index (χ0v) is 16.8. The van der Waals surface area contributed by atoms with Gasteiger partial charge < -0.3 is 14.6 Å². The number of benzene rings is 1. The number of carbonyl (C=O) groups is 1. The molecule has 1 aromatic heterocycles. The lowest BCUT2D eigenvalue weighted by molar-refractivity contribution is -0.107. The van der Waals surface area contributed by atoms with Crippen molar-refractivity contribution >= 4 is 17.9 Å². The Morgan fingerprint density at radius 3 is 2.96 bits per heavy atom. The first-order valence-corrected chi connectivity index (χ1v) is 10.1. The Kier molecular flexibility index (Phi) is 5.34. The maximum absolute atomic E-state index is 11.4. The molecular weight excluding hydrogens is 380 g/mol. The average Bonchev–Trinajstić information content (AvgIpc) is 3.15. The van der Waals surface area contributed by atoms with Crippen LogP contribution in [-0.4, -0.2) is 41.0 Å². The van der Waals surface area contributed by atoms with Crippen LogP contribution in [0.1, 0.15) is 48.3 Å². The second-order valence-electron chi connectivity index (χ2n) is 7.91. The van der Waals surface area contributed by atoms with Gasteiger partial charge in [0.25, 0.3) is 0 Å². The van der Waals surface area contributed by atoms with Crippen molar-refractivity contribution in [3.05, 3.63) is 40.7 Å². The minimum Gasteiger partial charge on any atom is -0.505 e. The summed E-state index contributed by atoms with van der Waals surface area (Å²) in [4.78, 5) is 11.4. The Balaban J connectivity index is 1.58. The van der Waals surface area contributed by atoms with Crippen LogP contribution >= 0.6 is 11.6 Å². The van der Waals surface area contributed by atoms with Gasteiger partial charge in [0, 0.05) is 36.4 Å². The van der Waals surface area contributed by atoms with Crippen LogP contribution in [0.25, 0.3) is 0 Å². The van der Waals surface area contributed by atoms with E-state index in [9.17, 15) is 9.90 Å². The van der Waals surface area contributed by atoms with E-state index in [1.165, 1.54) is 11.8 Å². The van der Waals surface area contributed by atoms with Gasteiger partial charge in [0.1, 0.15) is 11.5 Å². The molecule has 1 aliphatic carbocycles. The number of hydrogen-bond donors (Lipinski definition) is 1. The van der Waals surface area contributed by atoms with E-state index in [4.69, 9.17) is 21.1 Å². The highest BCUT2D eigenvalue weighted by Crippen LogP contribution is 2.55. The molecule has 4 unspecified atom stereocenters. The van der Waals surface area contributed by atoms with E-state index in [-0.39, 0.29) is 22.3 Å². The van der Waals surface area contributed by atoms with Crippen molar-refractivity contribution in [3.63, 3.8) is 0 Å². The number of carbonyl (C=O) groups excluding carboxylic acids is 1. The number of aromatic hydroxyl groups is 1. The van der Waals surface area contributed by atoms with Gasteiger partial charge in [-0.05, 0) is 50.3 Å². The van der Waals surface area contributed by atoms with Crippen LogP contribution in [0.4, 0.5) is 0 Å². The normalized spacial score (nSPS) is 26.6. The molecule has 150 valence electrons. The van der Waals surface area contributed by atoms with E-state index in [0.29, 0.717) is 42.4 Å². The number of nitrogens with zero attached hydrogens (tertiary/aromatic N) is 2. The van der Waals surface area contributed by atoms with Gasteiger partial charge in [-0.1, -0.05) is 11.6 Å². The van der Waals surface area contributed by atoms with Crippen molar-refractivity contribution in [2.45, 2.75) is 32.2 Å². The Bertz CT molecular complexity index is 866. The molecule has 1 N–H and O–H groups in total. The minimum atomic E-state index is -0.240. The summed E-state index contributed by atoms with van der Waals surface area (Å²) in [7, 11) is 0. The quantitative estimate of drug-likeness (QED) is 0.734. The van der Waals surface area contributed by atoms with Gasteiger partial charge in [-0.2, -0.15) is 5.10 Å². The van der Waals surface area contributed by atoms with Crippen molar-refractivity contribution in [1.82, 2.24) is 9.78 Å². The molecule has 0 spiro atoms. The topological polar surface area (TPSA) is 73.6 Å². The molecule has 1 aliphatic heterocycles. The predicted octanol–water partition coefficient (Wildman–Crippen LogP) is 4.08. The number of rotatable bonds is 6. The number of phenolic OH excluding ortho intramolecular Hbond substituents is 1. The molecule has 1 saturated carbocycles. The lowest BCUT2D eigenvalue weighted by Gasteiger charge is -2.54. The lowest BCUT2D eigenvalue weighted by atomic mass is 9.54. The van der Waals surface area contributed by atoms with Gasteiger partial charge in [0.15, 0.2) is 6.29 Å². The molecule has 0 amide bonds. The largest absolute Gasteiger partial charge is 0.505 e. The molecule has 28 heavy (non-hydrogen) atoms. The summed E-state index contributed by atoms with van der Waals surface area (Å²) in [6, 6.07) is 5.57. The van der Waals surface area contributed by atoms with Gasteiger partial charge in [0.2, 0.25) is 0 Å². The summed E-state index contributed by atoms with van der Waals surface area (Å²) in [5, 5.41) is 14.7. The number of halogens is 1. The molecule has 1 saturated heterocycles. The maximum Gasteiger partial charge on any atom is 0.157 e. The third kappa shape index (κ3) is 3.18. The summed E-state index contributed by atoms with van der Waals surface area (Å²) in [6.07, 6.45) is 3.48. The maximum atomic E-state index is 11.4. The fourth-order valence-electron chi connectivity index (χ4n) is 4.78. The van der Waals surface area contributed by atoms with E-state index in [1.807, 2.05) is 6.20 Å². The summed E-state index contributed by atoms with van der Waals surface area (Å²) in [6.45, 7) is 6.24. The van der Waals surface area contributed by atoms with E-state index in [2.05, 4.69) is 29.7 Å². The number of hydrogen-bond acceptors (Lipinski definition) is 5. The zero-order chi connectivity index (χ0) is 19.8. The first-order chi connectivity index (χ1) is 13.5. The van der Waals surface area contributed by atoms with Gasteiger partial charge in [-0.3, -0.25) is 9.48 Å². The van der Waals surface area contributed by atoms with Gasteiger partial charge in [0.05, 0.1) is 23.8 Å². The molecular formula is C21H25ClN2O4. The van der Waals surface area contributed by atoms with Crippen molar-refractivity contribution in [1.29, 1.82) is 0 Å². The van der Waals surface area contributed by atoms with Crippen molar-refractivity contribution in [3.8, 4) is 11.5 Å². The summed E-state index contributed by atoms with van der Waals surface area (Å²) in [5.41, 5.74) is 1.33.